The van der Waals surface area contributed by atoms with Gasteiger partial charge >= 0.3 is 5.97 Å². The fourth-order valence-corrected chi connectivity index (χ4v) is 5.15. The summed E-state index contributed by atoms with van der Waals surface area (Å²) in [5.41, 5.74) is 5.34. The number of benzene rings is 2. The van der Waals surface area contributed by atoms with Gasteiger partial charge in [0.25, 0.3) is 0 Å². The van der Waals surface area contributed by atoms with Crippen LogP contribution in [0.2, 0.25) is 0 Å². The molecule has 34 heavy (non-hydrogen) atoms. The minimum Gasteiger partial charge on any atom is -0.494 e. The second-order valence-corrected chi connectivity index (χ2v) is 9.36. The lowest BCUT2D eigenvalue weighted by Gasteiger charge is -2.26. The summed E-state index contributed by atoms with van der Waals surface area (Å²) in [5, 5.41) is 15.5. The Hall–Kier alpha value is -3.42. The van der Waals surface area contributed by atoms with E-state index in [-0.39, 0.29) is 5.88 Å². The second-order valence-electron chi connectivity index (χ2n) is 8.58. The molecule has 3 heterocycles. The normalized spacial score (nSPS) is 15.0. The number of aromatic amines is 1. The van der Waals surface area contributed by atoms with E-state index in [9.17, 15) is 9.90 Å². The Morgan fingerprint density at radius 3 is 2.59 bits per heavy atom. The van der Waals surface area contributed by atoms with Crippen LogP contribution in [0.15, 0.2) is 64.3 Å². The Morgan fingerprint density at radius 2 is 1.88 bits per heavy atom. The summed E-state index contributed by atoms with van der Waals surface area (Å²) < 4.78 is 4.88. The van der Waals surface area contributed by atoms with E-state index >= 15 is 0 Å². The molecule has 4 aromatic rings. The number of H-pyrrole nitrogens is 1. The van der Waals surface area contributed by atoms with Gasteiger partial charge in [0.1, 0.15) is 0 Å². The van der Waals surface area contributed by atoms with Gasteiger partial charge in [-0.25, -0.2) is 9.79 Å². The maximum Gasteiger partial charge on any atom is 0.337 e. The van der Waals surface area contributed by atoms with Gasteiger partial charge in [-0.15, -0.1) is 0 Å². The summed E-state index contributed by atoms with van der Waals surface area (Å²) in [6.07, 6.45) is 3.88. The first-order chi connectivity index (χ1) is 16.6. The summed E-state index contributed by atoms with van der Waals surface area (Å²) in [6, 6.07) is 15.5. The molecule has 7 heteroatoms. The Balaban J connectivity index is 1.53. The van der Waals surface area contributed by atoms with Crippen LogP contribution in [0.25, 0.3) is 10.9 Å². The number of carbonyl (C=O) groups excluding carboxylic acids is 1. The molecule has 5 rings (SSSR count). The van der Waals surface area contributed by atoms with E-state index in [1.165, 1.54) is 31.9 Å². The molecule has 1 fully saturated rings. The van der Waals surface area contributed by atoms with E-state index in [0.717, 1.165) is 36.4 Å². The van der Waals surface area contributed by atoms with Crippen LogP contribution in [-0.2, 0) is 11.3 Å². The van der Waals surface area contributed by atoms with Crippen LogP contribution in [0.3, 0.4) is 0 Å². The number of fused-ring (bicyclic) bond motifs is 1. The van der Waals surface area contributed by atoms with Crippen molar-refractivity contribution in [3.8, 4) is 5.88 Å². The highest BCUT2D eigenvalue weighted by molar-refractivity contribution is 7.08. The Kier molecular flexibility index (Phi) is 6.47. The number of methoxy groups -OCH3 is 1. The van der Waals surface area contributed by atoms with E-state index in [1.54, 1.807) is 29.5 Å². The minimum absolute atomic E-state index is 0.0173. The standard InChI is InChI=1S/C27H27N3O3S/c1-33-27(32)19-7-10-23-22(15-19)24(26(31)29-23)25(20-11-14-34-17-20)28-21-8-5-18(6-9-21)16-30-12-3-2-4-13-30/h5-11,14-15,17,29,31H,2-4,12-13,16H2,1H3. The third kappa shape index (κ3) is 4.62. The highest BCUT2D eigenvalue weighted by Crippen LogP contribution is 2.33. The van der Waals surface area contributed by atoms with Crippen LogP contribution in [0.5, 0.6) is 5.88 Å². The molecule has 0 spiro atoms. The van der Waals surface area contributed by atoms with E-state index in [0.29, 0.717) is 22.2 Å². The maximum absolute atomic E-state index is 12.1. The van der Waals surface area contributed by atoms with E-state index in [1.807, 2.05) is 29.0 Å². The molecule has 2 N–H and O–H groups in total. The van der Waals surface area contributed by atoms with Crippen LogP contribution in [0, 0.1) is 0 Å². The first-order valence-electron chi connectivity index (χ1n) is 11.5. The topological polar surface area (TPSA) is 77.9 Å². The highest BCUT2D eigenvalue weighted by atomic mass is 32.1. The van der Waals surface area contributed by atoms with Gasteiger partial charge < -0.3 is 14.8 Å². The van der Waals surface area contributed by atoms with E-state index in [4.69, 9.17) is 9.73 Å². The lowest BCUT2D eigenvalue weighted by Crippen LogP contribution is -2.28. The molecule has 1 saturated heterocycles. The van der Waals surface area contributed by atoms with Gasteiger partial charge in [0, 0.05) is 28.4 Å². The van der Waals surface area contributed by atoms with E-state index < -0.39 is 5.97 Å². The van der Waals surface area contributed by atoms with Gasteiger partial charge in [0.2, 0.25) is 0 Å². The zero-order valence-corrected chi connectivity index (χ0v) is 19.9. The fourth-order valence-electron chi connectivity index (χ4n) is 4.51. The number of esters is 1. The second kappa shape index (κ2) is 9.83. The zero-order valence-electron chi connectivity index (χ0n) is 19.1. The van der Waals surface area contributed by atoms with Crippen molar-refractivity contribution in [2.45, 2.75) is 25.8 Å². The molecule has 0 unspecified atom stereocenters. The van der Waals surface area contributed by atoms with Crippen molar-refractivity contribution in [3.05, 3.63) is 81.5 Å². The number of rotatable bonds is 6. The number of piperidine rings is 1. The summed E-state index contributed by atoms with van der Waals surface area (Å²) >= 11 is 1.57. The lowest BCUT2D eigenvalue weighted by atomic mass is 10.0. The number of aromatic hydroxyl groups is 1. The average molecular weight is 474 g/mol. The molecule has 6 nitrogen and oxygen atoms in total. The third-order valence-corrected chi connectivity index (χ3v) is 6.95. The predicted molar refractivity (Wildman–Crippen MR) is 136 cm³/mol. The van der Waals surface area contributed by atoms with Crippen molar-refractivity contribution in [3.63, 3.8) is 0 Å². The SMILES string of the molecule is COC(=O)c1ccc2[nH]c(O)c(C(=Nc3ccc(CN4CCCCC4)cc3)c3ccsc3)c2c1. The van der Waals surface area contributed by atoms with Gasteiger partial charge in [0.05, 0.1) is 29.6 Å². The van der Waals surface area contributed by atoms with Crippen LogP contribution >= 0.6 is 11.3 Å². The number of aliphatic imine (C=N–C) groups is 1. The summed E-state index contributed by atoms with van der Waals surface area (Å²) in [6.45, 7) is 3.28. The average Bonchev–Trinajstić information content (AvgIpc) is 3.51. The first-order valence-corrected chi connectivity index (χ1v) is 12.4. The largest absolute Gasteiger partial charge is 0.494 e. The molecule has 0 saturated carbocycles. The van der Waals surface area contributed by atoms with Crippen LogP contribution < -0.4 is 0 Å². The molecular weight excluding hydrogens is 446 g/mol. The number of nitrogens with one attached hydrogen (secondary N) is 1. The smallest absolute Gasteiger partial charge is 0.337 e. The fraction of sp³-hybridized carbons (Fsp3) is 0.259. The quantitative estimate of drug-likeness (QED) is 0.271. The molecule has 0 atom stereocenters. The molecule has 0 aliphatic carbocycles. The monoisotopic (exact) mass is 473 g/mol. The molecule has 1 aliphatic rings. The van der Waals surface area contributed by atoms with Gasteiger partial charge in [-0.2, -0.15) is 11.3 Å². The van der Waals surface area contributed by atoms with Gasteiger partial charge in [-0.3, -0.25) is 4.90 Å². The van der Waals surface area contributed by atoms with Gasteiger partial charge in [-0.05, 0) is 73.3 Å². The number of likely N-dealkylation sites (tertiary alicyclic amines) is 1. The van der Waals surface area contributed by atoms with Crippen LogP contribution in [0.1, 0.15) is 46.3 Å². The predicted octanol–water partition coefficient (Wildman–Crippen LogP) is 5.88. The number of hydrogen-bond donors (Lipinski definition) is 2. The van der Waals surface area contributed by atoms with Crippen molar-refractivity contribution < 1.29 is 14.6 Å². The Morgan fingerprint density at radius 1 is 1.09 bits per heavy atom. The molecule has 0 amide bonds. The van der Waals surface area contributed by atoms with Crippen molar-refractivity contribution in [1.29, 1.82) is 0 Å². The highest BCUT2D eigenvalue weighted by Gasteiger charge is 2.20. The first kappa shape index (κ1) is 22.4. The Bertz CT molecular complexity index is 1320. The summed E-state index contributed by atoms with van der Waals surface area (Å²) in [7, 11) is 1.36. The summed E-state index contributed by atoms with van der Waals surface area (Å²) in [5.74, 6) is -0.407. The van der Waals surface area contributed by atoms with Crippen molar-refractivity contribution in [1.82, 2.24) is 9.88 Å². The molecule has 174 valence electrons. The van der Waals surface area contributed by atoms with Gasteiger partial charge in [-0.1, -0.05) is 18.6 Å². The number of carbonyl (C=O) groups is 1. The lowest BCUT2D eigenvalue weighted by molar-refractivity contribution is 0.0601. The molecule has 1 aliphatic heterocycles. The van der Waals surface area contributed by atoms with Crippen LogP contribution in [-0.4, -0.2) is 46.9 Å². The van der Waals surface area contributed by atoms with Crippen molar-refractivity contribution in [2.75, 3.05) is 20.2 Å². The molecular formula is C27H27N3O3S. The zero-order chi connectivity index (χ0) is 23.5. The molecule has 2 aromatic heterocycles. The number of hydrogen-bond acceptors (Lipinski definition) is 6. The molecule has 2 aromatic carbocycles. The number of aromatic nitrogens is 1. The Labute approximate surface area is 202 Å². The van der Waals surface area contributed by atoms with Crippen molar-refractivity contribution in [2.24, 2.45) is 4.99 Å². The number of thiophene rings is 1. The maximum atomic E-state index is 12.1. The van der Waals surface area contributed by atoms with Crippen LogP contribution in [0.4, 0.5) is 5.69 Å². The summed E-state index contributed by atoms with van der Waals surface area (Å²) in [4.78, 5) is 22.6. The number of ether oxygens (including phenoxy) is 1. The molecule has 0 radical (unpaired) electrons. The van der Waals surface area contributed by atoms with E-state index in [2.05, 4.69) is 22.0 Å². The minimum atomic E-state index is -0.424. The van der Waals surface area contributed by atoms with Crippen molar-refractivity contribution >= 4 is 39.6 Å². The molecule has 0 bridgehead atoms. The van der Waals surface area contributed by atoms with Gasteiger partial charge in [0.15, 0.2) is 5.88 Å². The number of nitrogens with zero attached hydrogens (tertiary/aromatic N) is 2. The third-order valence-electron chi connectivity index (χ3n) is 6.26.